The topological polar surface area (TPSA) is 35.6 Å². The van der Waals surface area contributed by atoms with Gasteiger partial charge in [-0.2, -0.15) is 0 Å². The van der Waals surface area contributed by atoms with Crippen LogP contribution in [0.15, 0.2) is 0 Å². The second-order valence-electron chi connectivity index (χ2n) is 6.57. The number of carbonyl (C=O) groups is 1. The zero-order valence-electron chi connectivity index (χ0n) is 12.7. The molecule has 1 saturated carbocycles. The van der Waals surface area contributed by atoms with Crippen LogP contribution >= 0.6 is 0 Å². The van der Waals surface area contributed by atoms with Gasteiger partial charge >= 0.3 is 0 Å². The molecule has 1 heterocycles. The maximum absolute atomic E-state index is 12.2. The number of carbonyl (C=O) groups excluding carboxylic acids is 1. The van der Waals surface area contributed by atoms with Gasteiger partial charge in [0.05, 0.1) is 0 Å². The van der Waals surface area contributed by atoms with Crippen molar-refractivity contribution in [1.29, 1.82) is 0 Å². The fraction of sp³-hybridized carbons (Fsp3) is 0.933. The zero-order chi connectivity index (χ0) is 13.8. The highest BCUT2D eigenvalue weighted by atomic mass is 16.2. The van der Waals surface area contributed by atoms with E-state index in [4.69, 9.17) is 0 Å². The average Bonchev–Trinajstić information content (AvgIpc) is 2.41. The molecule has 4 heteroatoms. The lowest BCUT2D eigenvalue weighted by atomic mass is 9.82. The van der Waals surface area contributed by atoms with Crippen LogP contribution in [0.1, 0.15) is 32.6 Å². The summed E-state index contributed by atoms with van der Waals surface area (Å²) < 4.78 is 0. The van der Waals surface area contributed by atoms with Crippen LogP contribution in [0.25, 0.3) is 0 Å². The Morgan fingerprint density at radius 2 is 1.95 bits per heavy atom. The smallest absolute Gasteiger partial charge is 0.240 e. The Labute approximate surface area is 117 Å². The van der Waals surface area contributed by atoms with E-state index in [0.29, 0.717) is 0 Å². The van der Waals surface area contributed by atoms with Crippen molar-refractivity contribution in [3.8, 4) is 0 Å². The molecule has 1 amide bonds. The monoisotopic (exact) mass is 267 g/mol. The Bertz CT molecular complexity index is 298. The Morgan fingerprint density at radius 3 is 2.58 bits per heavy atom. The molecule has 110 valence electrons. The fourth-order valence-electron chi connectivity index (χ4n) is 3.35. The minimum absolute atomic E-state index is 0.0445. The van der Waals surface area contributed by atoms with Gasteiger partial charge in [-0.1, -0.05) is 19.8 Å². The van der Waals surface area contributed by atoms with E-state index in [1.165, 1.54) is 25.7 Å². The van der Waals surface area contributed by atoms with E-state index in [-0.39, 0.29) is 11.9 Å². The summed E-state index contributed by atoms with van der Waals surface area (Å²) >= 11 is 0. The van der Waals surface area contributed by atoms with Crippen LogP contribution in [0.2, 0.25) is 0 Å². The van der Waals surface area contributed by atoms with E-state index < -0.39 is 0 Å². The van der Waals surface area contributed by atoms with Gasteiger partial charge in [0.15, 0.2) is 0 Å². The normalized spacial score (nSPS) is 33.1. The second kappa shape index (κ2) is 6.71. The lowest BCUT2D eigenvalue weighted by Gasteiger charge is -2.39. The number of nitrogens with one attached hydrogen (secondary N) is 1. The van der Waals surface area contributed by atoms with Crippen molar-refractivity contribution in [1.82, 2.24) is 15.1 Å². The number of likely N-dealkylation sites (N-methyl/N-ethyl adjacent to an activating group) is 1. The SMILES string of the molecule is CC1CCC(CN2CCNCC2C(=O)N(C)C)CC1. The van der Waals surface area contributed by atoms with Crippen LogP contribution in [-0.4, -0.2) is 62.0 Å². The zero-order valence-corrected chi connectivity index (χ0v) is 12.7. The molecule has 0 aromatic carbocycles. The van der Waals surface area contributed by atoms with E-state index in [2.05, 4.69) is 17.1 Å². The number of piperazine rings is 1. The second-order valence-corrected chi connectivity index (χ2v) is 6.57. The Kier molecular flexibility index (Phi) is 5.22. The predicted molar refractivity (Wildman–Crippen MR) is 78.0 cm³/mol. The first kappa shape index (κ1) is 14.8. The Hall–Kier alpha value is -0.610. The summed E-state index contributed by atoms with van der Waals surface area (Å²) in [6, 6.07) is 0.0445. The molecule has 1 saturated heterocycles. The molecule has 2 rings (SSSR count). The maximum atomic E-state index is 12.2. The minimum atomic E-state index is 0.0445. The molecule has 4 nitrogen and oxygen atoms in total. The molecule has 2 aliphatic rings. The van der Waals surface area contributed by atoms with Crippen molar-refractivity contribution >= 4 is 5.91 Å². The molecule has 0 aromatic heterocycles. The van der Waals surface area contributed by atoms with Crippen LogP contribution in [0.4, 0.5) is 0 Å². The third-order valence-corrected chi connectivity index (χ3v) is 4.71. The van der Waals surface area contributed by atoms with Gasteiger partial charge < -0.3 is 10.2 Å². The molecule has 0 bridgehead atoms. The largest absolute Gasteiger partial charge is 0.347 e. The predicted octanol–water partition coefficient (Wildman–Crippen LogP) is 1.17. The number of amides is 1. The first-order valence-electron chi connectivity index (χ1n) is 7.74. The summed E-state index contributed by atoms with van der Waals surface area (Å²) in [6.07, 6.45) is 5.41. The van der Waals surface area contributed by atoms with Gasteiger partial charge in [0, 0.05) is 40.3 Å². The van der Waals surface area contributed by atoms with Crippen LogP contribution < -0.4 is 5.32 Å². The lowest BCUT2D eigenvalue weighted by Crippen LogP contribution is -2.58. The van der Waals surface area contributed by atoms with Crippen molar-refractivity contribution < 1.29 is 4.79 Å². The van der Waals surface area contributed by atoms with E-state index in [9.17, 15) is 4.79 Å². The third kappa shape index (κ3) is 3.93. The third-order valence-electron chi connectivity index (χ3n) is 4.71. The highest BCUT2D eigenvalue weighted by Gasteiger charge is 2.31. The molecule has 1 aliphatic carbocycles. The molecule has 19 heavy (non-hydrogen) atoms. The molecule has 2 fully saturated rings. The van der Waals surface area contributed by atoms with Gasteiger partial charge in [-0.3, -0.25) is 9.69 Å². The van der Waals surface area contributed by atoms with Gasteiger partial charge in [-0.15, -0.1) is 0 Å². The molecule has 1 aliphatic heterocycles. The quantitative estimate of drug-likeness (QED) is 0.834. The first-order chi connectivity index (χ1) is 9.08. The van der Waals surface area contributed by atoms with Crippen molar-refractivity contribution in [2.45, 2.75) is 38.6 Å². The number of nitrogens with zero attached hydrogens (tertiary/aromatic N) is 2. The molecule has 0 spiro atoms. The molecule has 1 N–H and O–H groups in total. The van der Waals surface area contributed by atoms with Crippen molar-refractivity contribution in [2.24, 2.45) is 11.8 Å². The Morgan fingerprint density at radius 1 is 1.26 bits per heavy atom. The van der Waals surface area contributed by atoms with Gasteiger partial charge in [-0.05, 0) is 24.7 Å². The summed E-state index contributed by atoms with van der Waals surface area (Å²) in [4.78, 5) is 16.4. The standard InChI is InChI=1S/C15H29N3O/c1-12-4-6-13(7-5-12)11-18-9-8-16-10-14(18)15(19)17(2)3/h12-14,16H,4-11H2,1-3H3. The fourth-order valence-corrected chi connectivity index (χ4v) is 3.35. The molecule has 1 atom stereocenters. The van der Waals surface area contributed by atoms with Crippen molar-refractivity contribution in [2.75, 3.05) is 40.3 Å². The molecule has 0 radical (unpaired) electrons. The van der Waals surface area contributed by atoms with Gasteiger partial charge in [0.1, 0.15) is 6.04 Å². The summed E-state index contributed by atoms with van der Waals surface area (Å²) in [7, 11) is 3.72. The van der Waals surface area contributed by atoms with E-state index in [1.807, 2.05) is 14.1 Å². The van der Waals surface area contributed by atoms with Crippen LogP contribution in [-0.2, 0) is 4.79 Å². The maximum Gasteiger partial charge on any atom is 0.240 e. The van der Waals surface area contributed by atoms with Crippen LogP contribution in [0.5, 0.6) is 0 Å². The number of rotatable bonds is 3. The molecular weight excluding hydrogens is 238 g/mol. The van der Waals surface area contributed by atoms with Gasteiger partial charge in [-0.25, -0.2) is 0 Å². The number of hydrogen-bond donors (Lipinski definition) is 1. The molecular formula is C15H29N3O. The summed E-state index contributed by atoms with van der Waals surface area (Å²) in [5.74, 6) is 1.95. The summed E-state index contributed by atoms with van der Waals surface area (Å²) in [5.41, 5.74) is 0. The molecule has 1 unspecified atom stereocenters. The number of hydrogen-bond acceptors (Lipinski definition) is 3. The van der Waals surface area contributed by atoms with Gasteiger partial charge in [0.2, 0.25) is 5.91 Å². The average molecular weight is 267 g/mol. The van der Waals surface area contributed by atoms with Crippen LogP contribution in [0.3, 0.4) is 0 Å². The highest BCUT2D eigenvalue weighted by Crippen LogP contribution is 2.29. The van der Waals surface area contributed by atoms with Crippen molar-refractivity contribution in [3.63, 3.8) is 0 Å². The summed E-state index contributed by atoms with van der Waals surface area (Å²) in [6.45, 7) is 6.30. The van der Waals surface area contributed by atoms with E-state index >= 15 is 0 Å². The Balaban J connectivity index is 1.90. The molecule has 0 aromatic rings. The lowest BCUT2D eigenvalue weighted by molar-refractivity contribution is -0.135. The van der Waals surface area contributed by atoms with Crippen LogP contribution in [0, 0.1) is 11.8 Å². The highest BCUT2D eigenvalue weighted by molar-refractivity contribution is 5.81. The van der Waals surface area contributed by atoms with E-state index in [1.54, 1.807) is 4.90 Å². The summed E-state index contributed by atoms with van der Waals surface area (Å²) in [5, 5.41) is 3.36. The minimum Gasteiger partial charge on any atom is -0.347 e. The van der Waals surface area contributed by atoms with Crippen molar-refractivity contribution in [3.05, 3.63) is 0 Å². The van der Waals surface area contributed by atoms with E-state index in [0.717, 1.165) is 38.0 Å². The van der Waals surface area contributed by atoms with Gasteiger partial charge in [0.25, 0.3) is 0 Å². The first-order valence-corrected chi connectivity index (χ1v) is 7.74.